The molecule has 1 aromatic heterocycles. The van der Waals surface area contributed by atoms with Gasteiger partial charge >= 0.3 is 0 Å². The maximum atomic E-state index is 13.1. The zero-order valence-electron chi connectivity index (χ0n) is 16.0. The first-order valence-corrected chi connectivity index (χ1v) is 9.83. The minimum Gasteiger partial charge on any atom is -0.392 e. The van der Waals surface area contributed by atoms with Gasteiger partial charge in [0, 0.05) is 38.0 Å². The molecule has 0 saturated carbocycles. The van der Waals surface area contributed by atoms with E-state index in [0.29, 0.717) is 38.4 Å². The van der Waals surface area contributed by atoms with E-state index < -0.39 is 11.9 Å². The third kappa shape index (κ3) is 4.64. The van der Waals surface area contributed by atoms with Gasteiger partial charge in [-0.1, -0.05) is 12.2 Å². The average Bonchev–Trinajstić information content (AvgIpc) is 2.68. The highest BCUT2D eigenvalue weighted by atomic mass is 19.1. The molecular weight excluding hydrogens is 347 g/mol. The van der Waals surface area contributed by atoms with Crippen molar-refractivity contribution in [2.24, 2.45) is 5.41 Å². The number of carbonyl (C=O) groups excluding carboxylic acids is 1. The predicted molar refractivity (Wildman–Crippen MR) is 102 cm³/mol. The predicted octanol–water partition coefficient (Wildman–Crippen LogP) is 2.54. The largest absolute Gasteiger partial charge is 0.392 e. The standard InChI is InChI=1S/C20H29FN4O2/c1-2-3-4-5-7-18(27)24-10-6-9-20(14-24)15-25(11-8-17(20)26)19-22-12-16(21)13-23-19/h2-3,12-13,17,26H,4-11,14-15H2,1H3/t17-,20+/m1/s1. The number of hydrogen-bond acceptors (Lipinski definition) is 5. The quantitative estimate of drug-likeness (QED) is 0.632. The highest BCUT2D eigenvalue weighted by Gasteiger charge is 2.46. The Morgan fingerprint density at radius 1 is 1.37 bits per heavy atom. The zero-order valence-corrected chi connectivity index (χ0v) is 16.0. The molecule has 0 bridgehead atoms. The smallest absolute Gasteiger partial charge is 0.225 e. The highest BCUT2D eigenvalue weighted by molar-refractivity contribution is 5.76. The second-order valence-corrected chi connectivity index (χ2v) is 7.67. The number of rotatable bonds is 5. The minimum absolute atomic E-state index is 0.168. The Hall–Kier alpha value is -2.02. The fraction of sp³-hybridized carbons (Fsp3) is 0.650. The van der Waals surface area contributed by atoms with Crippen LogP contribution in [0.25, 0.3) is 0 Å². The van der Waals surface area contributed by atoms with Gasteiger partial charge in [-0.15, -0.1) is 0 Å². The van der Waals surface area contributed by atoms with Crippen LogP contribution in [0.5, 0.6) is 0 Å². The van der Waals surface area contributed by atoms with Crippen LogP contribution >= 0.6 is 0 Å². The van der Waals surface area contributed by atoms with Gasteiger partial charge in [0.1, 0.15) is 0 Å². The number of aliphatic hydroxyl groups is 1. The van der Waals surface area contributed by atoms with Crippen molar-refractivity contribution in [1.82, 2.24) is 14.9 Å². The molecule has 1 aromatic rings. The first-order chi connectivity index (χ1) is 13.0. The molecule has 6 nitrogen and oxygen atoms in total. The number of aliphatic hydroxyl groups excluding tert-OH is 1. The van der Waals surface area contributed by atoms with Gasteiger partial charge in [0.05, 0.1) is 18.5 Å². The maximum Gasteiger partial charge on any atom is 0.225 e. The van der Waals surface area contributed by atoms with Crippen molar-refractivity contribution in [3.63, 3.8) is 0 Å². The molecular formula is C20H29FN4O2. The Bertz CT molecular complexity index is 666. The van der Waals surface area contributed by atoms with E-state index in [1.54, 1.807) is 0 Å². The van der Waals surface area contributed by atoms with Crippen LogP contribution in [0.15, 0.2) is 24.5 Å². The lowest BCUT2D eigenvalue weighted by molar-refractivity contribution is -0.138. The van der Waals surface area contributed by atoms with Gasteiger partial charge in [-0.3, -0.25) is 4.79 Å². The molecule has 1 N–H and O–H groups in total. The van der Waals surface area contributed by atoms with Crippen LogP contribution in [0.2, 0.25) is 0 Å². The van der Waals surface area contributed by atoms with Gasteiger partial charge < -0.3 is 14.9 Å². The van der Waals surface area contributed by atoms with Gasteiger partial charge in [-0.25, -0.2) is 14.4 Å². The first-order valence-electron chi connectivity index (χ1n) is 9.83. The Balaban J connectivity index is 1.67. The number of allylic oxidation sites excluding steroid dienone is 2. The van der Waals surface area contributed by atoms with Gasteiger partial charge in [0.25, 0.3) is 0 Å². The molecule has 1 spiro atoms. The summed E-state index contributed by atoms with van der Waals surface area (Å²) in [4.78, 5) is 24.7. The molecule has 0 radical (unpaired) electrons. The Morgan fingerprint density at radius 3 is 2.89 bits per heavy atom. The van der Waals surface area contributed by atoms with Crippen LogP contribution in [0.4, 0.5) is 10.3 Å². The number of carbonyl (C=O) groups is 1. The van der Waals surface area contributed by atoms with E-state index in [1.807, 2.05) is 22.8 Å². The number of amides is 1. The van der Waals surface area contributed by atoms with Crippen molar-refractivity contribution in [3.05, 3.63) is 30.4 Å². The third-order valence-electron chi connectivity index (χ3n) is 5.73. The highest BCUT2D eigenvalue weighted by Crippen LogP contribution is 2.39. The van der Waals surface area contributed by atoms with Gasteiger partial charge in [0.2, 0.25) is 11.9 Å². The molecule has 3 rings (SSSR count). The van der Waals surface area contributed by atoms with E-state index in [-0.39, 0.29) is 11.3 Å². The number of unbranched alkanes of at least 4 members (excludes halogenated alkanes) is 1. The molecule has 0 aromatic carbocycles. The molecule has 2 aliphatic heterocycles. The summed E-state index contributed by atoms with van der Waals surface area (Å²) in [5.41, 5.74) is -0.368. The van der Waals surface area contributed by atoms with Crippen LogP contribution < -0.4 is 4.90 Å². The molecule has 3 heterocycles. The van der Waals surface area contributed by atoms with Crippen LogP contribution in [0.1, 0.15) is 45.4 Å². The number of anilines is 1. The summed E-state index contributed by atoms with van der Waals surface area (Å²) in [6.45, 7) is 4.52. The van der Waals surface area contributed by atoms with E-state index in [4.69, 9.17) is 0 Å². The topological polar surface area (TPSA) is 69.6 Å². The molecule has 7 heteroatoms. The molecule has 1 amide bonds. The summed E-state index contributed by atoms with van der Waals surface area (Å²) < 4.78 is 13.1. The molecule has 148 valence electrons. The van der Waals surface area contributed by atoms with Gasteiger partial charge in [-0.2, -0.15) is 0 Å². The van der Waals surface area contributed by atoms with Gasteiger partial charge in [0.15, 0.2) is 5.82 Å². The Morgan fingerprint density at radius 2 is 2.15 bits per heavy atom. The fourth-order valence-electron chi connectivity index (χ4n) is 4.26. The van der Waals surface area contributed by atoms with Crippen molar-refractivity contribution < 1.29 is 14.3 Å². The van der Waals surface area contributed by atoms with Gasteiger partial charge in [-0.05, 0) is 39.0 Å². The number of hydrogen-bond donors (Lipinski definition) is 1. The van der Waals surface area contributed by atoms with Crippen molar-refractivity contribution in [2.75, 3.05) is 31.1 Å². The van der Waals surface area contributed by atoms with Crippen molar-refractivity contribution in [3.8, 4) is 0 Å². The van der Waals surface area contributed by atoms with E-state index in [2.05, 4.69) is 16.0 Å². The number of piperidine rings is 2. The Kier molecular flexibility index (Phi) is 6.42. The first kappa shape index (κ1) is 19.7. The summed E-state index contributed by atoms with van der Waals surface area (Å²) in [5.74, 6) is 0.191. The number of nitrogens with zero attached hydrogens (tertiary/aromatic N) is 4. The van der Waals surface area contributed by atoms with Crippen LogP contribution in [-0.4, -0.2) is 58.2 Å². The number of halogens is 1. The van der Waals surface area contributed by atoms with E-state index >= 15 is 0 Å². The number of aromatic nitrogens is 2. The van der Waals surface area contributed by atoms with Crippen LogP contribution in [-0.2, 0) is 4.79 Å². The number of likely N-dealkylation sites (tertiary alicyclic amines) is 1. The summed E-state index contributed by atoms with van der Waals surface area (Å²) in [6.07, 6.45) is 10.6. The van der Waals surface area contributed by atoms with Crippen molar-refractivity contribution >= 4 is 11.9 Å². The average molecular weight is 376 g/mol. The van der Waals surface area contributed by atoms with Crippen molar-refractivity contribution in [2.45, 2.75) is 51.6 Å². The fourth-order valence-corrected chi connectivity index (χ4v) is 4.26. The SMILES string of the molecule is CC=CCCCC(=O)N1CCC[C@]2(C1)CN(c1ncc(F)cn1)CC[C@H]2O. The molecule has 0 aliphatic carbocycles. The maximum absolute atomic E-state index is 13.1. The lowest BCUT2D eigenvalue weighted by Crippen LogP contribution is -2.60. The lowest BCUT2D eigenvalue weighted by atomic mass is 9.71. The Labute approximate surface area is 160 Å². The molecule has 2 saturated heterocycles. The summed E-state index contributed by atoms with van der Waals surface area (Å²) >= 11 is 0. The third-order valence-corrected chi connectivity index (χ3v) is 5.73. The van der Waals surface area contributed by atoms with E-state index in [0.717, 1.165) is 32.2 Å². The second-order valence-electron chi connectivity index (χ2n) is 7.67. The zero-order chi connectivity index (χ0) is 19.3. The second kappa shape index (κ2) is 8.78. The summed E-state index contributed by atoms with van der Waals surface area (Å²) in [7, 11) is 0. The van der Waals surface area contributed by atoms with E-state index in [9.17, 15) is 14.3 Å². The van der Waals surface area contributed by atoms with E-state index in [1.165, 1.54) is 12.4 Å². The van der Waals surface area contributed by atoms with Crippen LogP contribution in [0.3, 0.4) is 0 Å². The molecule has 0 unspecified atom stereocenters. The molecule has 27 heavy (non-hydrogen) atoms. The molecule has 2 fully saturated rings. The normalized spacial score (nSPS) is 26.1. The monoisotopic (exact) mass is 376 g/mol. The summed E-state index contributed by atoms with van der Waals surface area (Å²) in [5, 5.41) is 10.8. The molecule has 2 atom stereocenters. The summed E-state index contributed by atoms with van der Waals surface area (Å²) in [6, 6.07) is 0. The molecule has 2 aliphatic rings. The lowest BCUT2D eigenvalue weighted by Gasteiger charge is -2.51. The van der Waals surface area contributed by atoms with Crippen LogP contribution in [0, 0.1) is 11.2 Å². The van der Waals surface area contributed by atoms with Crippen molar-refractivity contribution in [1.29, 1.82) is 0 Å². The minimum atomic E-state index is -0.460.